The Morgan fingerprint density at radius 2 is 1.91 bits per heavy atom. The standard InChI is InChI=1S/C24H32N2O6/c1-14(32-16-10-7-11-16)19(25-23(30)31-13-15-8-5-4-6-9-15)21(27)26-12-17-18(24(17,2)3)20(26)22(28)29/h4-6,8-9,14,16-20H,7,10-13H2,1-3H3,(H,25,30)(H,28,29)/t14-,17+,18+,19+,20+/m1/s1. The van der Waals surface area contributed by atoms with Crippen molar-refractivity contribution in [3.63, 3.8) is 0 Å². The summed E-state index contributed by atoms with van der Waals surface area (Å²) in [5.74, 6) is -1.35. The van der Waals surface area contributed by atoms with E-state index in [0.717, 1.165) is 24.8 Å². The number of nitrogens with one attached hydrogen (secondary N) is 1. The van der Waals surface area contributed by atoms with Gasteiger partial charge in [0.2, 0.25) is 5.91 Å². The van der Waals surface area contributed by atoms with Crippen molar-refractivity contribution in [3.05, 3.63) is 35.9 Å². The third kappa shape index (κ3) is 4.33. The Labute approximate surface area is 188 Å². The van der Waals surface area contributed by atoms with Crippen LogP contribution in [-0.4, -0.2) is 58.8 Å². The van der Waals surface area contributed by atoms with E-state index in [9.17, 15) is 19.5 Å². The van der Waals surface area contributed by atoms with Gasteiger partial charge in [0, 0.05) is 12.5 Å². The molecule has 1 saturated heterocycles. The zero-order valence-corrected chi connectivity index (χ0v) is 18.8. The molecule has 0 unspecified atom stereocenters. The molecule has 2 saturated carbocycles. The lowest BCUT2D eigenvalue weighted by atomic mass is 9.95. The Morgan fingerprint density at radius 3 is 2.50 bits per heavy atom. The van der Waals surface area contributed by atoms with E-state index in [1.54, 1.807) is 6.92 Å². The topological polar surface area (TPSA) is 105 Å². The lowest BCUT2D eigenvalue weighted by molar-refractivity contribution is -0.154. The summed E-state index contributed by atoms with van der Waals surface area (Å²) in [6.07, 6.45) is 1.65. The first-order valence-electron chi connectivity index (χ1n) is 11.4. The van der Waals surface area contributed by atoms with Gasteiger partial charge in [-0.05, 0) is 43.1 Å². The first-order valence-corrected chi connectivity index (χ1v) is 11.4. The van der Waals surface area contributed by atoms with Gasteiger partial charge in [0.15, 0.2) is 0 Å². The number of carbonyl (C=O) groups is 3. The number of piperidine rings is 1. The second kappa shape index (κ2) is 8.73. The fourth-order valence-electron chi connectivity index (χ4n) is 5.13. The molecule has 0 radical (unpaired) electrons. The molecule has 0 bridgehead atoms. The number of amides is 2. The summed E-state index contributed by atoms with van der Waals surface area (Å²) in [6, 6.07) is 7.36. The fourth-order valence-corrected chi connectivity index (χ4v) is 5.13. The largest absolute Gasteiger partial charge is 0.480 e. The molecular weight excluding hydrogens is 412 g/mol. The number of alkyl carbamates (subject to hydrolysis) is 1. The van der Waals surface area contributed by atoms with Crippen molar-refractivity contribution < 1.29 is 29.0 Å². The van der Waals surface area contributed by atoms with Crippen LogP contribution in [0.1, 0.15) is 45.6 Å². The number of rotatable bonds is 8. The van der Waals surface area contributed by atoms with Crippen LogP contribution in [0.3, 0.4) is 0 Å². The Bertz CT molecular complexity index is 869. The number of hydrogen-bond acceptors (Lipinski definition) is 5. The molecule has 2 aliphatic carbocycles. The van der Waals surface area contributed by atoms with Crippen molar-refractivity contribution in [2.24, 2.45) is 17.3 Å². The van der Waals surface area contributed by atoms with E-state index in [2.05, 4.69) is 5.32 Å². The molecule has 3 aliphatic rings. The Balaban J connectivity index is 1.45. The third-order valence-electron chi connectivity index (χ3n) is 7.43. The lowest BCUT2D eigenvalue weighted by Gasteiger charge is -2.36. The highest BCUT2D eigenvalue weighted by atomic mass is 16.5. The van der Waals surface area contributed by atoms with E-state index in [0.29, 0.717) is 6.54 Å². The summed E-state index contributed by atoms with van der Waals surface area (Å²) in [4.78, 5) is 39.4. The van der Waals surface area contributed by atoms with Crippen LogP contribution in [0, 0.1) is 17.3 Å². The van der Waals surface area contributed by atoms with E-state index in [1.807, 2.05) is 44.2 Å². The average Bonchev–Trinajstić information content (AvgIpc) is 3.08. The molecule has 0 spiro atoms. The third-order valence-corrected chi connectivity index (χ3v) is 7.43. The summed E-state index contributed by atoms with van der Waals surface area (Å²) < 4.78 is 11.3. The number of carboxylic acid groups (broad SMARTS) is 1. The van der Waals surface area contributed by atoms with E-state index in [-0.39, 0.29) is 30.0 Å². The maximum Gasteiger partial charge on any atom is 0.408 e. The van der Waals surface area contributed by atoms with Gasteiger partial charge in [0.25, 0.3) is 0 Å². The van der Waals surface area contributed by atoms with Crippen molar-refractivity contribution in [1.29, 1.82) is 0 Å². The molecule has 174 valence electrons. The van der Waals surface area contributed by atoms with Crippen molar-refractivity contribution in [3.8, 4) is 0 Å². The molecular formula is C24H32N2O6. The van der Waals surface area contributed by atoms with Gasteiger partial charge >= 0.3 is 12.1 Å². The van der Waals surface area contributed by atoms with E-state index >= 15 is 0 Å². The van der Waals surface area contributed by atoms with Crippen molar-refractivity contribution in [2.45, 2.75) is 70.9 Å². The molecule has 4 rings (SSSR count). The first kappa shape index (κ1) is 22.6. The van der Waals surface area contributed by atoms with E-state index in [4.69, 9.17) is 9.47 Å². The van der Waals surface area contributed by atoms with Crippen LogP contribution in [0.4, 0.5) is 4.79 Å². The van der Waals surface area contributed by atoms with Gasteiger partial charge < -0.3 is 24.8 Å². The molecule has 3 fully saturated rings. The van der Waals surface area contributed by atoms with Gasteiger partial charge in [-0.15, -0.1) is 0 Å². The van der Waals surface area contributed by atoms with Crippen molar-refractivity contribution in [2.75, 3.05) is 6.54 Å². The minimum absolute atomic E-state index is 0.0589. The molecule has 1 aromatic carbocycles. The quantitative estimate of drug-likeness (QED) is 0.639. The second-order valence-electron chi connectivity index (χ2n) is 9.81. The summed E-state index contributed by atoms with van der Waals surface area (Å²) in [5, 5.41) is 12.5. The predicted molar refractivity (Wildman–Crippen MR) is 116 cm³/mol. The number of hydrogen-bond donors (Lipinski definition) is 2. The van der Waals surface area contributed by atoms with Gasteiger partial charge in [0.05, 0.1) is 12.2 Å². The van der Waals surface area contributed by atoms with Crippen LogP contribution >= 0.6 is 0 Å². The van der Waals surface area contributed by atoms with Crippen LogP contribution in [-0.2, 0) is 25.7 Å². The van der Waals surface area contributed by atoms with Crippen molar-refractivity contribution in [1.82, 2.24) is 10.2 Å². The number of fused-ring (bicyclic) bond motifs is 1. The first-order chi connectivity index (χ1) is 15.2. The van der Waals surface area contributed by atoms with E-state index < -0.39 is 36.2 Å². The summed E-state index contributed by atoms with van der Waals surface area (Å²) in [5.41, 5.74) is 0.739. The highest BCUT2D eigenvalue weighted by molar-refractivity contribution is 5.91. The molecule has 5 atom stereocenters. The fraction of sp³-hybridized carbons (Fsp3) is 0.625. The van der Waals surface area contributed by atoms with Crippen LogP contribution in [0.15, 0.2) is 30.3 Å². The molecule has 1 heterocycles. The molecule has 8 heteroatoms. The molecule has 1 aromatic rings. The molecule has 0 aromatic heterocycles. The summed E-state index contributed by atoms with van der Waals surface area (Å²) in [6.45, 7) is 6.28. The second-order valence-corrected chi connectivity index (χ2v) is 9.81. The number of benzene rings is 1. The Kier molecular flexibility index (Phi) is 6.16. The molecule has 32 heavy (non-hydrogen) atoms. The summed E-state index contributed by atoms with van der Waals surface area (Å²) >= 11 is 0. The normalized spacial score (nSPS) is 27.6. The number of ether oxygens (including phenoxy) is 2. The van der Waals surface area contributed by atoms with Gasteiger partial charge in [-0.3, -0.25) is 4.79 Å². The average molecular weight is 445 g/mol. The number of carboxylic acids is 1. The highest BCUT2D eigenvalue weighted by Crippen LogP contribution is 2.64. The Morgan fingerprint density at radius 1 is 1.22 bits per heavy atom. The van der Waals surface area contributed by atoms with Gasteiger partial charge in [0.1, 0.15) is 18.7 Å². The smallest absolute Gasteiger partial charge is 0.408 e. The Hall–Kier alpha value is -2.61. The lowest BCUT2D eigenvalue weighted by Crippen LogP contribution is -2.58. The highest BCUT2D eigenvalue weighted by Gasteiger charge is 2.70. The van der Waals surface area contributed by atoms with Crippen LogP contribution in [0.5, 0.6) is 0 Å². The SMILES string of the molecule is C[C@@H](OC1CCC1)[C@H](NC(=O)OCc1ccccc1)C(=O)N1C[C@H]2[C@@H]([C@H]1C(=O)O)C2(C)C. The monoisotopic (exact) mass is 444 g/mol. The van der Waals surface area contributed by atoms with Crippen LogP contribution in [0.2, 0.25) is 0 Å². The summed E-state index contributed by atoms with van der Waals surface area (Å²) in [7, 11) is 0. The van der Waals surface area contributed by atoms with Crippen molar-refractivity contribution >= 4 is 18.0 Å². The minimum Gasteiger partial charge on any atom is -0.480 e. The predicted octanol–water partition coefficient (Wildman–Crippen LogP) is 2.81. The van der Waals surface area contributed by atoms with E-state index in [1.165, 1.54) is 4.90 Å². The molecule has 1 aliphatic heterocycles. The van der Waals surface area contributed by atoms with Crippen LogP contribution < -0.4 is 5.32 Å². The van der Waals surface area contributed by atoms with Gasteiger partial charge in [-0.25, -0.2) is 9.59 Å². The van der Waals surface area contributed by atoms with Gasteiger partial charge in [-0.1, -0.05) is 44.2 Å². The number of likely N-dealkylation sites (tertiary alicyclic amines) is 1. The maximum absolute atomic E-state index is 13.5. The van der Waals surface area contributed by atoms with Gasteiger partial charge in [-0.2, -0.15) is 0 Å². The zero-order chi connectivity index (χ0) is 23.0. The molecule has 2 N–H and O–H groups in total. The molecule has 8 nitrogen and oxygen atoms in total. The van der Waals surface area contributed by atoms with Crippen LogP contribution in [0.25, 0.3) is 0 Å². The number of carbonyl (C=O) groups excluding carboxylic acids is 2. The number of nitrogens with zero attached hydrogens (tertiary/aromatic N) is 1. The minimum atomic E-state index is -1.01. The molecule has 2 amide bonds. The maximum atomic E-state index is 13.5. The number of aliphatic carboxylic acids is 1. The zero-order valence-electron chi connectivity index (χ0n) is 18.8.